The molecule has 0 spiro atoms. The Labute approximate surface area is 181 Å². The van der Waals surface area contributed by atoms with E-state index in [-0.39, 0.29) is 55.2 Å². The fourth-order valence-electron chi connectivity index (χ4n) is 4.33. The smallest absolute Gasteiger partial charge is 0.238 e. The van der Waals surface area contributed by atoms with Gasteiger partial charge in [-0.3, -0.25) is 4.79 Å². The van der Waals surface area contributed by atoms with Gasteiger partial charge in [0.2, 0.25) is 15.9 Å². The largest absolute Gasteiger partial charge is 0.394 e. The number of nitrogens with zero attached hydrogens (tertiary/aromatic N) is 2. The molecule has 0 saturated carbocycles. The molecule has 0 aliphatic carbocycles. The van der Waals surface area contributed by atoms with E-state index in [0.29, 0.717) is 5.56 Å². The Hall–Kier alpha value is -2.73. The van der Waals surface area contributed by atoms with Crippen LogP contribution in [0.3, 0.4) is 0 Å². The summed E-state index contributed by atoms with van der Waals surface area (Å²) in [5.74, 6) is 5.23. The molecule has 2 fully saturated rings. The van der Waals surface area contributed by atoms with Gasteiger partial charge in [0.15, 0.2) is 0 Å². The molecule has 0 bridgehead atoms. The molecule has 3 atom stereocenters. The van der Waals surface area contributed by atoms with Crippen LogP contribution in [0.2, 0.25) is 0 Å². The van der Waals surface area contributed by atoms with Crippen molar-refractivity contribution < 1.29 is 22.7 Å². The van der Waals surface area contributed by atoms with Crippen LogP contribution in [0.5, 0.6) is 0 Å². The second-order valence-corrected chi connectivity index (χ2v) is 9.97. The molecule has 162 valence electrons. The summed E-state index contributed by atoms with van der Waals surface area (Å²) in [5.41, 5.74) is 2.41. The van der Waals surface area contributed by atoms with Crippen LogP contribution in [-0.2, 0) is 14.8 Å². The van der Waals surface area contributed by atoms with Crippen molar-refractivity contribution in [2.75, 3.05) is 25.4 Å². The van der Waals surface area contributed by atoms with Gasteiger partial charge in [-0.2, -0.15) is 4.31 Å². The molecule has 2 aliphatic rings. The Bertz CT molecular complexity index is 1140. The third kappa shape index (κ3) is 4.09. The molecule has 4 rings (SSSR count). The first-order valence-corrected chi connectivity index (χ1v) is 11.7. The van der Waals surface area contributed by atoms with Gasteiger partial charge in [0.05, 0.1) is 31.0 Å². The minimum absolute atomic E-state index is 0.0531. The van der Waals surface area contributed by atoms with Gasteiger partial charge >= 0.3 is 0 Å². The molecule has 2 aromatic carbocycles. The summed E-state index contributed by atoms with van der Waals surface area (Å²) in [5, 5.41) is 9.86. The van der Waals surface area contributed by atoms with Gasteiger partial charge in [0, 0.05) is 23.6 Å². The van der Waals surface area contributed by atoms with Crippen molar-refractivity contribution in [3.63, 3.8) is 0 Å². The van der Waals surface area contributed by atoms with Gasteiger partial charge in [0.1, 0.15) is 5.82 Å². The van der Waals surface area contributed by atoms with E-state index >= 15 is 0 Å². The van der Waals surface area contributed by atoms with Crippen molar-refractivity contribution >= 4 is 15.9 Å². The summed E-state index contributed by atoms with van der Waals surface area (Å²) in [6.45, 7) is 1.44. The molecule has 0 aromatic heterocycles. The lowest BCUT2D eigenvalue weighted by Gasteiger charge is -2.58. The Morgan fingerprint density at radius 1 is 1.06 bits per heavy atom. The molecule has 31 heavy (non-hydrogen) atoms. The zero-order chi connectivity index (χ0) is 22.2. The number of carbonyl (C=O) groups excluding carboxylic acids is 1. The Morgan fingerprint density at radius 2 is 1.65 bits per heavy atom. The molecule has 1 amide bonds. The second-order valence-electron chi connectivity index (χ2n) is 7.72. The first-order valence-electron chi connectivity index (χ1n) is 10.1. The Kier molecular flexibility index (Phi) is 5.84. The lowest BCUT2D eigenvalue weighted by molar-refractivity contribution is -0.158. The maximum atomic E-state index is 13.0. The molecule has 6 nitrogen and oxygen atoms in total. The molecule has 2 saturated heterocycles. The monoisotopic (exact) mass is 442 g/mol. The molecular weight excluding hydrogens is 419 g/mol. The lowest BCUT2D eigenvalue weighted by Crippen LogP contribution is -2.73. The highest BCUT2D eigenvalue weighted by atomic mass is 32.2. The number of sulfonamides is 1. The summed E-state index contributed by atoms with van der Waals surface area (Å²) in [6.07, 6.45) is 0. The highest BCUT2D eigenvalue weighted by Gasteiger charge is 2.55. The molecule has 0 radical (unpaired) electrons. The highest BCUT2D eigenvalue weighted by Crippen LogP contribution is 2.43. The van der Waals surface area contributed by atoms with E-state index in [1.165, 1.54) is 16.4 Å². The zero-order valence-corrected chi connectivity index (χ0v) is 17.8. The van der Waals surface area contributed by atoms with Crippen molar-refractivity contribution in [3.8, 4) is 11.8 Å². The predicted molar refractivity (Wildman–Crippen MR) is 114 cm³/mol. The summed E-state index contributed by atoms with van der Waals surface area (Å²) in [4.78, 5) is 14.2. The second kappa shape index (κ2) is 8.42. The molecule has 2 aliphatic heterocycles. The quantitative estimate of drug-likeness (QED) is 0.729. The third-order valence-electron chi connectivity index (χ3n) is 5.97. The topological polar surface area (TPSA) is 77.9 Å². The summed E-state index contributed by atoms with van der Waals surface area (Å²) < 4.78 is 38.8. The molecule has 1 N–H and O–H groups in total. The van der Waals surface area contributed by atoms with Crippen LogP contribution in [0.25, 0.3) is 0 Å². The number of fused-ring (bicyclic) bond motifs is 1. The van der Waals surface area contributed by atoms with E-state index in [2.05, 4.69) is 11.8 Å². The van der Waals surface area contributed by atoms with Gasteiger partial charge in [-0.15, -0.1) is 0 Å². The third-order valence-corrected chi connectivity index (χ3v) is 7.76. The fourth-order valence-corrected chi connectivity index (χ4v) is 5.38. The minimum atomic E-state index is -3.47. The van der Waals surface area contributed by atoms with Crippen LogP contribution in [-0.4, -0.2) is 66.2 Å². The summed E-state index contributed by atoms with van der Waals surface area (Å²) in [7, 11) is -3.47. The first kappa shape index (κ1) is 21.5. The zero-order valence-electron chi connectivity index (χ0n) is 17.0. The van der Waals surface area contributed by atoms with E-state index in [1.807, 2.05) is 24.3 Å². The van der Waals surface area contributed by atoms with Gasteiger partial charge < -0.3 is 10.0 Å². The van der Waals surface area contributed by atoms with Gasteiger partial charge in [-0.25, -0.2) is 12.8 Å². The van der Waals surface area contributed by atoms with Crippen LogP contribution in [0.15, 0.2) is 48.5 Å². The number of carbonyl (C=O) groups is 1. The van der Waals surface area contributed by atoms with Crippen LogP contribution in [0, 0.1) is 17.7 Å². The fraction of sp³-hybridized carbons (Fsp3) is 0.348. The molecule has 2 aromatic rings. The van der Waals surface area contributed by atoms with E-state index in [0.717, 1.165) is 11.1 Å². The van der Waals surface area contributed by atoms with Crippen LogP contribution in [0.1, 0.15) is 29.5 Å². The number of halogens is 1. The highest BCUT2D eigenvalue weighted by molar-refractivity contribution is 7.89. The SMILES string of the molecule is CCS(=O)(=O)N1CC(=O)N2[C@H](CO)[C@@H](c3ccc(C#Cc4ccc(F)cc4)cc3)[C@@H]2C1. The van der Waals surface area contributed by atoms with Crippen LogP contribution >= 0.6 is 0 Å². The van der Waals surface area contributed by atoms with E-state index in [1.54, 1.807) is 24.0 Å². The predicted octanol–water partition coefficient (Wildman–Crippen LogP) is 1.55. The average molecular weight is 443 g/mol. The van der Waals surface area contributed by atoms with E-state index in [9.17, 15) is 22.7 Å². The number of aliphatic hydroxyl groups is 1. The van der Waals surface area contributed by atoms with Crippen molar-refractivity contribution in [3.05, 3.63) is 71.0 Å². The van der Waals surface area contributed by atoms with Crippen molar-refractivity contribution in [1.29, 1.82) is 0 Å². The number of piperazine rings is 1. The molecule has 2 heterocycles. The average Bonchev–Trinajstić information content (AvgIpc) is 2.75. The number of benzene rings is 2. The number of hydrogen-bond acceptors (Lipinski definition) is 4. The first-order chi connectivity index (χ1) is 14.8. The number of hydrogen-bond donors (Lipinski definition) is 1. The minimum Gasteiger partial charge on any atom is -0.394 e. The van der Waals surface area contributed by atoms with Crippen molar-refractivity contribution in [2.45, 2.75) is 24.9 Å². The number of aliphatic hydroxyl groups excluding tert-OH is 1. The summed E-state index contributed by atoms with van der Waals surface area (Å²) in [6, 6.07) is 12.8. The molecule has 8 heteroatoms. The number of amides is 1. The maximum Gasteiger partial charge on any atom is 0.238 e. The summed E-state index contributed by atoms with van der Waals surface area (Å²) >= 11 is 0. The van der Waals surface area contributed by atoms with E-state index in [4.69, 9.17) is 0 Å². The molecule has 0 unspecified atom stereocenters. The van der Waals surface area contributed by atoms with Gasteiger partial charge in [-0.1, -0.05) is 24.0 Å². The lowest BCUT2D eigenvalue weighted by atomic mass is 9.74. The Morgan fingerprint density at radius 3 is 2.19 bits per heavy atom. The Balaban J connectivity index is 1.54. The van der Waals surface area contributed by atoms with Gasteiger partial charge in [0.25, 0.3) is 0 Å². The normalized spacial score (nSPS) is 23.5. The maximum absolute atomic E-state index is 13.0. The van der Waals surface area contributed by atoms with Crippen LogP contribution in [0.4, 0.5) is 4.39 Å². The van der Waals surface area contributed by atoms with E-state index < -0.39 is 10.0 Å². The van der Waals surface area contributed by atoms with Crippen molar-refractivity contribution in [1.82, 2.24) is 9.21 Å². The van der Waals surface area contributed by atoms with Crippen LogP contribution < -0.4 is 0 Å². The molecular formula is C23H23FN2O4S. The van der Waals surface area contributed by atoms with Crippen molar-refractivity contribution in [2.24, 2.45) is 0 Å². The number of rotatable bonds is 4. The van der Waals surface area contributed by atoms with Gasteiger partial charge in [-0.05, 0) is 48.9 Å². The standard InChI is InChI=1S/C23H23FN2O4S/c1-2-31(29,30)25-13-20-23(21(15-27)26(20)22(28)14-25)18-9-5-16(6-10-18)3-4-17-7-11-19(24)12-8-17/h5-12,20-21,23,27H,2,13-15H2,1H3/t20-,21+,23-/m0/s1.